The van der Waals surface area contributed by atoms with Gasteiger partial charge in [0.05, 0.1) is 22.3 Å². The fourth-order valence-electron chi connectivity index (χ4n) is 1.89. The number of aliphatic hydroxyl groups excluding tert-OH is 1. The fourth-order valence-corrected chi connectivity index (χ4v) is 2.19. The van der Waals surface area contributed by atoms with E-state index in [9.17, 15) is 5.11 Å². The number of hydrogen-bond donors (Lipinski definition) is 1. The Kier molecular flexibility index (Phi) is 4.45. The zero-order chi connectivity index (χ0) is 14.0. The minimum Gasteiger partial charge on any atom is -0.390 e. The monoisotopic (exact) mass is 299 g/mol. The van der Waals surface area contributed by atoms with Crippen molar-refractivity contribution in [3.05, 3.63) is 33.9 Å². The van der Waals surface area contributed by atoms with Gasteiger partial charge in [-0.3, -0.25) is 0 Å². The van der Waals surface area contributed by atoms with Gasteiger partial charge in [0.25, 0.3) is 0 Å². The zero-order valence-electron chi connectivity index (χ0n) is 10.8. The van der Waals surface area contributed by atoms with Crippen LogP contribution in [0.4, 0.5) is 0 Å². The molecule has 0 aliphatic rings. The van der Waals surface area contributed by atoms with Crippen LogP contribution in [0.1, 0.15) is 19.5 Å². The predicted molar refractivity (Wildman–Crippen MR) is 76.2 cm³/mol. The van der Waals surface area contributed by atoms with Crippen molar-refractivity contribution >= 4 is 23.2 Å². The molecule has 0 fully saturated rings. The molecule has 19 heavy (non-hydrogen) atoms. The van der Waals surface area contributed by atoms with E-state index in [1.807, 2.05) is 6.07 Å². The molecule has 0 amide bonds. The predicted octanol–water partition coefficient (Wildman–Crippen LogP) is 3.40. The highest BCUT2D eigenvalue weighted by atomic mass is 35.5. The summed E-state index contributed by atoms with van der Waals surface area (Å²) in [4.78, 5) is 0. The van der Waals surface area contributed by atoms with Crippen LogP contribution in [-0.4, -0.2) is 20.1 Å². The molecular formula is C13H15Cl2N3O. The first-order valence-corrected chi connectivity index (χ1v) is 6.77. The summed E-state index contributed by atoms with van der Waals surface area (Å²) in [7, 11) is 0. The lowest BCUT2D eigenvalue weighted by Gasteiger charge is -2.10. The van der Waals surface area contributed by atoms with Crippen molar-refractivity contribution in [2.75, 3.05) is 0 Å². The Morgan fingerprint density at radius 1 is 1.26 bits per heavy atom. The van der Waals surface area contributed by atoms with Crippen molar-refractivity contribution in [1.29, 1.82) is 0 Å². The van der Waals surface area contributed by atoms with Gasteiger partial charge in [-0.2, -0.15) is 0 Å². The molecule has 0 saturated heterocycles. The van der Waals surface area contributed by atoms with Gasteiger partial charge in [-0.1, -0.05) is 48.3 Å². The maximum atomic E-state index is 9.38. The number of aromatic nitrogens is 3. The zero-order valence-corrected chi connectivity index (χ0v) is 12.3. The second kappa shape index (κ2) is 5.90. The van der Waals surface area contributed by atoms with E-state index >= 15 is 0 Å². The average Bonchev–Trinajstić information content (AvgIpc) is 2.74. The summed E-state index contributed by atoms with van der Waals surface area (Å²) in [5.74, 6) is 0.426. The summed E-state index contributed by atoms with van der Waals surface area (Å²) in [6.07, 6.45) is 0. The molecule has 0 unspecified atom stereocenters. The molecule has 0 bridgehead atoms. The average molecular weight is 300 g/mol. The van der Waals surface area contributed by atoms with Crippen LogP contribution < -0.4 is 0 Å². The van der Waals surface area contributed by atoms with Gasteiger partial charge < -0.3 is 5.11 Å². The third-order valence-electron chi connectivity index (χ3n) is 2.69. The highest BCUT2D eigenvalue weighted by Crippen LogP contribution is 2.30. The van der Waals surface area contributed by atoms with Gasteiger partial charge in [-0.05, 0) is 18.1 Å². The molecule has 102 valence electrons. The van der Waals surface area contributed by atoms with E-state index < -0.39 is 0 Å². The molecule has 1 heterocycles. The molecule has 6 heteroatoms. The highest BCUT2D eigenvalue weighted by molar-refractivity contribution is 6.42. The topological polar surface area (TPSA) is 50.9 Å². The normalized spacial score (nSPS) is 11.3. The molecule has 0 aliphatic carbocycles. The van der Waals surface area contributed by atoms with Crippen LogP contribution in [0, 0.1) is 5.92 Å². The quantitative estimate of drug-likeness (QED) is 0.941. The van der Waals surface area contributed by atoms with Gasteiger partial charge in [0.15, 0.2) is 0 Å². The molecule has 0 spiro atoms. The van der Waals surface area contributed by atoms with E-state index in [1.165, 1.54) is 0 Å². The van der Waals surface area contributed by atoms with Crippen LogP contribution in [0.2, 0.25) is 10.0 Å². The van der Waals surface area contributed by atoms with Crippen molar-refractivity contribution in [2.24, 2.45) is 5.92 Å². The largest absolute Gasteiger partial charge is 0.390 e. The maximum absolute atomic E-state index is 9.38. The Labute approximate surface area is 122 Å². The van der Waals surface area contributed by atoms with E-state index in [0.29, 0.717) is 21.7 Å². The summed E-state index contributed by atoms with van der Waals surface area (Å²) >= 11 is 12.0. The third kappa shape index (κ3) is 3.08. The Hall–Kier alpha value is -1.10. The molecule has 0 saturated carbocycles. The molecule has 2 aromatic rings. The number of hydrogen-bond acceptors (Lipinski definition) is 3. The van der Waals surface area contributed by atoms with Crippen molar-refractivity contribution in [3.63, 3.8) is 0 Å². The molecule has 0 aliphatic heterocycles. The number of nitrogens with zero attached hydrogens (tertiary/aromatic N) is 3. The first-order valence-electron chi connectivity index (χ1n) is 6.01. The van der Waals surface area contributed by atoms with Gasteiger partial charge in [-0.15, -0.1) is 5.10 Å². The molecule has 0 radical (unpaired) electrons. The summed E-state index contributed by atoms with van der Waals surface area (Å²) < 4.78 is 1.79. The Morgan fingerprint density at radius 2 is 2.00 bits per heavy atom. The van der Waals surface area contributed by atoms with Crippen molar-refractivity contribution < 1.29 is 5.11 Å². The van der Waals surface area contributed by atoms with Crippen LogP contribution in [0.5, 0.6) is 0 Å². The molecule has 1 aromatic heterocycles. The maximum Gasteiger partial charge on any atom is 0.116 e. The van der Waals surface area contributed by atoms with Crippen LogP contribution in [0.3, 0.4) is 0 Å². The van der Waals surface area contributed by atoms with Crippen molar-refractivity contribution in [1.82, 2.24) is 15.0 Å². The standard InChI is InChI=1S/C13H15Cl2N3O/c1-8(2)6-18-13(12(7-19)16-17-18)9-3-4-10(14)11(15)5-9/h3-5,8,19H,6-7H2,1-2H3. The molecule has 4 nitrogen and oxygen atoms in total. The molecule has 2 rings (SSSR count). The third-order valence-corrected chi connectivity index (χ3v) is 3.42. The minimum atomic E-state index is -0.159. The van der Waals surface area contributed by atoms with E-state index in [-0.39, 0.29) is 6.61 Å². The molecule has 1 aromatic carbocycles. The van der Waals surface area contributed by atoms with Gasteiger partial charge in [0, 0.05) is 12.1 Å². The second-order valence-corrected chi connectivity index (χ2v) is 5.56. The van der Waals surface area contributed by atoms with E-state index in [0.717, 1.165) is 17.8 Å². The highest BCUT2D eigenvalue weighted by Gasteiger charge is 2.16. The Balaban J connectivity index is 2.52. The molecular weight excluding hydrogens is 285 g/mol. The number of halogens is 2. The minimum absolute atomic E-state index is 0.159. The van der Waals surface area contributed by atoms with Crippen molar-refractivity contribution in [2.45, 2.75) is 27.0 Å². The Bertz CT molecular complexity index is 581. The van der Waals surface area contributed by atoms with Gasteiger partial charge in [0.1, 0.15) is 5.69 Å². The van der Waals surface area contributed by atoms with Gasteiger partial charge >= 0.3 is 0 Å². The summed E-state index contributed by atoms with van der Waals surface area (Å²) in [6.45, 7) is 4.76. The number of rotatable bonds is 4. The second-order valence-electron chi connectivity index (χ2n) is 4.75. The van der Waals surface area contributed by atoms with E-state index in [4.69, 9.17) is 23.2 Å². The summed E-state index contributed by atoms with van der Waals surface area (Å²) in [6, 6.07) is 5.34. The van der Waals surface area contributed by atoms with Crippen molar-refractivity contribution in [3.8, 4) is 11.3 Å². The Morgan fingerprint density at radius 3 is 2.58 bits per heavy atom. The molecule has 0 atom stereocenters. The molecule has 1 N–H and O–H groups in total. The van der Waals surface area contributed by atoms with Crippen LogP contribution in [-0.2, 0) is 13.2 Å². The smallest absolute Gasteiger partial charge is 0.116 e. The fraction of sp³-hybridized carbons (Fsp3) is 0.385. The SMILES string of the molecule is CC(C)Cn1nnc(CO)c1-c1ccc(Cl)c(Cl)c1. The first kappa shape index (κ1) is 14.3. The number of benzene rings is 1. The van der Waals surface area contributed by atoms with E-state index in [2.05, 4.69) is 24.2 Å². The van der Waals surface area contributed by atoms with Crippen LogP contribution in [0.25, 0.3) is 11.3 Å². The lowest BCUT2D eigenvalue weighted by Crippen LogP contribution is -2.08. The van der Waals surface area contributed by atoms with Gasteiger partial charge in [-0.25, -0.2) is 4.68 Å². The lowest BCUT2D eigenvalue weighted by atomic mass is 10.1. The van der Waals surface area contributed by atoms with E-state index in [1.54, 1.807) is 16.8 Å². The lowest BCUT2D eigenvalue weighted by molar-refractivity contribution is 0.277. The van der Waals surface area contributed by atoms with Gasteiger partial charge in [0.2, 0.25) is 0 Å². The summed E-state index contributed by atoms with van der Waals surface area (Å²) in [5.41, 5.74) is 2.18. The number of aliphatic hydroxyl groups is 1. The first-order chi connectivity index (χ1) is 9.02. The summed E-state index contributed by atoms with van der Waals surface area (Å²) in [5, 5.41) is 18.4. The van der Waals surface area contributed by atoms with Crippen LogP contribution in [0.15, 0.2) is 18.2 Å². The van der Waals surface area contributed by atoms with Crippen LogP contribution >= 0.6 is 23.2 Å².